The van der Waals surface area contributed by atoms with Crippen LogP contribution in [0.4, 0.5) is 0 Å². The van der Waals surface area contributed by atoms with Crippen LogP contribution in [0.5, 0.6) is 0 Å². The maximum atomic E-state index is 11.0. The number of carbonyl (C=O) groups is 1. The minimum atomic E-state index is -0.126. The summed E-state index contributed by atoms with van der Waals surface area (Å²) in [4.78, 5) is 15.1. The minimum Gasteiger partial charge on any atom is -0.469 e. The van der Waals surface area contributed by atoms with Crippen LogP contribution in [-0.4, -0.2) is 66.1 Å². The van der Waals surface area contributed by atoms with Gasteiger partial charge in [-0.1, -0.05) is 12.8 Å². The summed E-state index contributed by atoms with van der Waals surface area (Å²) < 4.78 is 14.9. The number of ether oxygens (including phenoxy) is 3. The van der Waals surface area contributed by atoms with Crippen LogP contribution in [0.3, 0.4) is 0 Å². The van der Waals surface area contributed by atoms with Gasteiger partial charge in [0.25, 0.3) is 0 Å². The highest BCUT2D eigenvalue weighted by Crippen LogP contribution is 2.03. The molecule has 2 N–H and O–H groups in total. The van der Waals surface area contributed by atoms with Crippen LogP contribution in [0.25, 0.3) is 0 Å². The van der Waals surface area contributed by atoms with Crippen molar-refractivity contribution in [1.29, 1.82) is 0 Å². The lowest BCUT2D eigenvalue weighted by molar-refractivity contribution is -0.140. The molecule has 0 amide bonds. The van der Waals surface area contributed by atoms with E-state index in [0.717, 1.165) is 51.2 Å². The summed E-state index contributed by atoms with van der Waals surface area (Å²) in [5.41, 5.74) is 0. The Labute approximate surface area is 140 Å². The van der Waals surface area contributed by atoms with Crippen LogP contribution in [-0.2, 0) is 19.0 Å². The normalized spacial score (nSPS) is 11.3. The molecular formula is C16H33N3O4. The van der Waals surface area contributed by atoms with E-state index in [1.54, 1.807) is 14.2 Å². The van der Waals surface area contributed by atoms with Crippen molar-refractivity contribution in [1.82, 2.24) is 10.6 Å². The molecule has 0 saturated carbocycles. The van der Waals surface area contributed by atoms with Gasteiger partial charge in [-0.2, -0.15) is 0 Å². The standard InChI is InChI=1S/C16H33N3O4/c1-17-16(19-11-8-12-23-14-13-21-2)18-10-7-5-4-6-9-15(20)22-3/h4-14H2,1-3H3,(H2,17,18,19). The van der Waals surface area contributed by atoms with Crippen LogP contribution in [0.15, 0.2) is 4.99 Å². The van der Waals surface area contributed by atoms with Crippen molar-refractivity contribution in [2.24, 2.45) is 4.99 Å². The maximum absolute atomic E-state index is 11.0. The van der Waals surface area contributed by atoms with E-state index in [4.69, 9.17) is 9.47 Å². The number of hydrogen-bond acceptors (Lipinski definition) is 5. The molecule has 0 aromatic rings. The zero-order valence-electron chi connectivity index (χ0n) is 14.9. The zero-order chi connectivity index (χ0) is 17.2. The molecule has 7 nitrogen and oxygen atoms in total. The van der Waals surface area contributed by atoms with Crippen LogP contribution in [0.2, 0.25) is 0 Å². The maximum Gasteiger partial charge on any atom is 0.305 e. The number of methoxy groups -OCH3 is 2. The van der Waals surface area contributed by atoms with Gasteiger partial charge in [0.2, 0.25) is 0 Å². The van der Waals surface area contributed by atoms with Gasteiger partial charge in [0.1, 0.15) is 0 Å². The molecule has 0 fully saturated rings. The van der Waals surface area contributed by atoms with E-state index in [-0.39, 0.29) is 5.97 Å². The fraction of sp³-hybridized carbons (Fsp3) is 0.875. The number of guanidine groups is 1. The van der Waals surface area contributed by atoms with E-state index >= 15 is 0 Å². The van der Waals surface area contributed by atoms with Gasteiger partial charge in [-0.25, -0.2) is 0 Å². The van der Waals surface area contributed by atoms with E-state index in [0.29, 0.717) is 26.2 Å². The summed E-state index contributed by atoms with van der Waals surface area (Å²) in [7, 11) is 4.86. The molecule has 0 saturated heterocycles. The molecule has 0 aliphatic carbocycles. The van der Waals surface area contributed by atoms with E-state index in [1.807, 2.05) is 0 Å². The van der Waals surface area contributed by atoms with Crippen molar-refractivity contribution in [2.75, 3.05) is 54.2 Å². The molecule has 0 spiro atoms. The van der Waals surface area contributed by atoms with Gasteiger partial charge in [-0.3, -0.25) is 9.79 Å². The fourth-order valence-corrected chi connectivity index (χ4v) is 1.90. The largest absolute Gasteiger partial charge is 0.469 e. The van der Waals surface area contributed by atoms with Crippen molar-refractivity contribution in [2.45, 2.75) is 38.5 Å². The van der Waals surface area contributed by atoms with Crippen LogP contribution in [0.1, 0.15) is 38.5 Å². The zero-order valence-corrected chi connectivity index (χ0v) is 14.9. The predicted octanol–water partition coefficient (Wildman–Crippen LogP) is 1.33. The summed E-state index contributed by atoms with van der Waals surface area (Å²) in [5, 5.41) is 6.53. The first-order chi connectivity index (χ1) is 11.2. The minimum absolute atomic E-state index is 0.126. The number of esters is 1. The third kappa shape index (κ3) is 15.3. The highest BCUT2D eigenvalue weighted by atomic mass is 16.5. The Morgan fingerprint density at radius 3 is 2.26 bits per heavy atom. The molecule has 23 heavy (non-hydrogen) atoms. The van der Waals surface area contributed by atoms with Crippen LogP contribution < -0.4 is 10.6 Å². The smallest absolute Gasteiger partial charge is 0.305 e. The quantitative estimate of drug-likeness (QED) is 0.216. The number of aliphatic imine (C=N–C) groups is 1. The number of hydrogen-bond donors (Lipinski definition) is 2. The summed E-state index contributed by atoms with van der Waals surface area (Å²) in [5.74, 6) is 0.690. The summed E-state index contributed by atoms with van der Waals surface area (Å²) in [6.45, 7) is 3.69. The average molecular weight is 331 g/mol. The predicted molar refractivity (Wildman–Crippen MR) is 91.8 cm³/mol. The number of carbonyl (C=O) groups excluding carboxylic acids is 1. The first-order valence-electron chi connectivity index (χ1n) is 8.32. The van der Waals surface area contributed by atoms with E-state index in [1.165, 1.54) is 7.11 Å². The SMILES string of the molecule is CN=C(NCCCCCCC(=O)OC)NCCCOCCOC. The Morgan fingerprint density at radius 1 is 0.913 bits per heavy atom. The molecular weight excluding hydrogens is 298 g/mol. The van der Waals surface area contributed by atoms with Gasteiger partial charge < -0.3 is 24.8 Å². The van der Waals surface area contributed by atoms with Gasteiger partial charge in [-0.05, 0) is 19.3 Å². The van der Waals surface area contributed by atoms with Gasteiger partial charge in [-0.15, -0.1) is 0 Å². The lowest BCUT2D eigenvalue weighted by Crippen LogP contribution is -2.38. The Morgan fingerprint density at radius 2 is 1.61 bits per heavy atom. The van der Waals surface area contributed by atoms with Crippen molar-refractivity contribution in [3.05, 3.63) is 0 Å². The van der Waals surface area contributed by atoms with Crippen LogP contribution >= 0.6 is 0 Å². The topological polar surface area (TPSA) is 81.2 Å². The molecule has 0 unspecified atom stereocenters. The lowest BCUT2D eigenvalue weighted by atomic mass is 10.1. The monoisotopic (exact) mass is 331 g/mol. The molecule has 0 atom stereocenters. The van der Waals surface area contributed by atoms with E-state index in [9.17, 15) is 4.79 Å². The van der Waals surface area contributed by atoms with E-state index in [2.05, 4.69) is 20.4 Å². The molecule has 0 aromatic heterocycles. The molecule has 0 aliphatic rings. The Hall–Kier alpha value is -1.34. The number of nitrogens with zero attached hydrogens (tertiary/aromatic N) is 1. The first kappa shape index (κ1) is 21.7. The lowest BCUT2D eigenvalue weighted by Gasteiger charge is -2.11. The molecule has 0 aromatic carbocycles. The molecule has 0 rings (SSSR count). The first-order valence-corrected chi connectivity index (χ1v) is 8.32. The molecule has 0 bridgehead atoms. The van der Waals surface area contributed by atoms with Crippen molar-refractivity contribution >= 4 is 11.9 Å². The van der Waals surface area contributed by atoms with Crippen LogP contribution in [0, 0.1) is 0 Å². The Bertz CT molecular complexity index is 312. The second-order valence-electron chi connectivity index (χ2n) is 5.12. The molecule has 0 heterocycles. The van der Waals surface area contributed by atoms with Gasteiger partial charge in [0, 0.05) is 40.3 Å². The van der Waals surface area contributed by atoms with Gasteiger partial charge >= 0.3 is 5.97 Å². The highest BCUT2D eigenvalue weighted by Gasteiger charge is 2.00. The highest BCUT2D eigenvalue weighted by molar-refractivity contribution is 5.79. The molecule has 0 aliphatic heterocycles. The Balaban J connectivity index is 3.40. The number of nitrogens with one attached hydrogen (secondary N) is 2. The Kier molecular flexibility index (Phi) is 16.0. The summed E-state index contributed by atoms with van der Waals surface area (Å²) in [6, 6.07) is 0. The van der Waals surface area contributed by atoms with Gasteiger partial charge in [0.15, 0.2) is 5.96 Å². The van der Waals surface area contributed by atoms with Crippen molar-refractivity contribution in [3.8, 4) is 0 Å². The molecule has 0 radical (unpaired) electrons. The second kappa shape index (κ2) is 17.0. The third-order valence-corrected chi connectivity index (χ3v) is 3.24. The summed E-state index contributed by atoms with van der Waals surface area (Å²) >= 11 is 0. The second-order valence-corrected chi connectivity index (χ2v) is 5.12. The molecule has 7 heteroatoms. The number of unbranched alkanes of at least 4 members (excludes halogenated alkanes) is 3. The number of rotatable bonds is 14. The summed E-state index contributed by atoms with van der Waals surface area (Å²) in [6.07, 6.45) is 5.53. The van der Waals surface area contributed by atoms with Gasteiger partial charge in [0.05, 0.1) is 20.3 Å². The average Bonchev–Trinajstić information content (AvgIpc) is 2.57. The third-order valence-electron chi connectivity index (χ3n) is 3.24. The van der Waals surface area contributed by atoms with Crippen molar-refractivity contribution < 1.29 is 19.0 Å². The van der Waals surface area contributed by atoms with E-state index < -0.39 is 0 Å². The van der Waals surface area contributed by atoms with Crippen molar-refractivity contribution in [3.63, 3.8) is 0 Å². The fourth-order valence-electron chi connectivity index (χ4n) is 1.90. The molecule has 136 valence electrons.